The maximum absolute atomic E-state index is 13.8. The van der Waals surface area contributed by atoms with E-state index in [1.54, 1.807) is 0 Å². The van der Waals surface area contributed by atoms with Gasteiger partial charge in [-0.05, 0) is 218 Å². The molecule has 0 atom stereocenters. The van der Waals surface area contributed by atoms with E-state index in [-0.39, 0.29) is 37.9 Å². The van der Waals surface area contributed by atoms with Crippen LogP contribution in [0.2, 0.25) is 0 Å². The summed E-state index contributed by atoms with van der Waals surface area (Å²) in [5, 5.41) is 18.8. The van der Waals surface area contributed by atoms with Crippen LogP contribution in [0.25, 0.3) is 0 Å². The molecule has 7 aromatic rings. The van der Waals surface area contributed by atoms with E-state index in [0.717, 1.165) is 111 Å². The molecule has 0 aromatic heterocycles. The molecule has 0 saturated heterocycles. The monoisotopic (exact) mass is 1470 g/mol. The van der Waals surface area contributed by atoms with Crippen LogP contribution in [0.15, 0.2) is 146 Å². The lowest BCUT2D eigenvalue weighted by Crippen LogP contribution is -2.19. The highest BCUT2D eigenvalue weighted by Gasteiger charge is 2.15. The van der Waals surface area contributed by atoms with Crippen LogP contribution >= 0.6 is 0 Å². The van der Waals surface area contributed by atoms with Gasteiger partial charge < -0.3 is 46.1 Å². The predicted octanol–water partition coefficient (Wildman–Crippen LogP) is 28.8. The van der Waals surface area contributed by atoms with Crippen LogP contribution in [0.1, 0.15) is 323 Å². The fraction of sp³-hybridized carbons (Fsp3) is 0.531. The van der Waals surface area contributed by atoms with Crippen molar-refractivity contribution in [1.29, 1.82) is 0 Å². The third-order valence-corrected chi connectivity index (χ3v) is 20.4. The first kappa shape index (κ1) is 87.0. The van der Waals surface area contributed by atoms with Crippen molar-refractivity contribution >= 4 is 52.2 Å². The fourth-order valence-electron chi connectivity index (χ4n) is 14.5. The van der Waals surface area contributed by atoms with Gasteiger partial charge in [0.2, 0.25) is 0 Å². The van der Waals surface area contributed by atoms with Gasteiger partial charge in [0.1, 0.15) is 37.1 Å². The smallest absolute Gasteiger partial charge is 0.323 e. The first-order valence-corrected chi connectivity index (χ1v) is 42.9. The number of hydrogen-bond donors (Lipinski definition) is 6. The van der Waals surface area contributed by atoms with Gasteiger partial charge in [-0.3, -0.25) is 0 Å². The molecule has 7 rings (SSSR count). The molecule has 12 heteroatoms. The van der Waals surface area contributed by atoms with Crippen molar-refractivity contribution in [3.8, 4) is 17.2 Å². The molecule has 6 amide bonds. The lowest BCUT2D eigenvalue weighted by molar-refractivity contribution is 0.261. The molecule has 12 nitrogen and oxygen atoms in total. The summed E-state index contributed by atoms with van der Waals surface area (Å²) < 4.78 is 19.6. The van der Waals surface area contributed by atoms with Crippen LogP contribution < -0.4 is 46.1 Å². The second-order valence-corrected chi connectivity index (χ2v) is 30.6. The van der Waals surface area contributed by atoms with Gasteiger partial charge in [0.05, 0.1) is 0 Å². The van der Waals surface area contributed by atoms with Crippen molar-refractivity contribution in [3.05, 3.63) is 196 Å². The summed E-state index contributed by atoms with van der Waals surface area (Å²) in [5.74, 6) is 1.79. The van der Waals surface area contributed by atoms with Gasteiger partial charge in [-0.1, -0.05) is 271 Å². The van der Waals surface area contributed by atoms with Crippen molar-refractivity contribution in [2.24, 2.45) is 0 Å². The van der Waals surface area contributed by atoms with E-state index in [2.05, 4.69) is 146 Å². The Balaban J connectivity index is 1.04. The molecular weight excluding hydrogens is 1330 g/mol. The molecule has 0 saturated carbocycles. The summed E-state index contributed by atoms with van der Waals surface area (Å²) in [7, 11) is 0. The molecule has 0 fully saturated rings. The minimum absolute atomic E-state index is 0.220. The quantitative estimate of drug-likeness (QED) is 0.0209. The maximum Gasteiger partial charge on any atom is 0.323 e. The summed E-state index contributed by atoms with van der Waals surface area (Å²) in [6.07, 6.45) is 50.8. The third kappa shape index (κ3) is 37.2. The van der Waals surface area contributed by atoms with Gasteiger partial charge in [-0.2, -0.15) is 0 Å². The van der Waals surface area contributed by atoms with E-state index in [9.17, 15) is 14.4 Å². The zero-order valence-corrected chi connectivity index (χ0v) is 67.6. The first-order valence-electron chi connectivity index (χ1n) is 42.9. The maximum atomic E-state index is 13.8. The molecule has 0 aliphatic carbocycles. The van der Waals surface area contributed by atoms with Crippen LogP contribution in [-0.4, -0.2) is 18.1 Å². The summed E-state index contributed by atoms with van der Waals surface area (Å²) in [5.41, 5.74) is 14.6. The van der Waals surface area contributed by atoms with Crippen LogP contribution in [0.4, 0.5) is 48.5 Å². The third-order valence-electron chi connectivity index (χ3n) is 20.4. The normalized spacial score (nSPS) is 11.2. The van der Waals surface area contributed by atoms with E-state index < -0.39 is 0 Å². The lowest BCUT2D eigenvalue weighted by atomic mass is 9.99. The van der Waals surface area contributed by atoms with E-state index in [1.807, 2.05) is 72.8 Å². The number of aryl methyl sites for hydroxylation is 6. The lowest BCUT2D eigenvalue weighted by Gasteiger charge is -2.15. The van der Waals surface area contributed by atoms with E-state index >= 15 is 0 Å². The summed E-state index contributed by atoms with van der Waals surface area (Å²) in [4.78, 5) is 41.4. The Labute approximate surface area is 653 Å². The molecule has 0 radical (unpaired) electrons. The minimum atomic E-state index is -0.306. The molecule has 0 spiro atoms. The second kappa shape index (κ2) is 53.5. The summed E-state index contributed by atoms with van der Waals surface area (Å²) in [6.45, 7) is 14.2. The Bertz CT molecular complexity index is 3170. The number of unbranched alkanes of at least 4 members (excludes halogenated alkanes) is 30. The molecule has 7 aromatic carbocycles. The number of anilines is 6. The zero-order valence-electron chi connectivity index (χ0n) is 67.6. The summed E-state index contributed by atoms with van der Waals surface area (Å²) in [6, 6.07) is 47.8. The van der Waals surface area contributed by atoms with Gasteiger partial charge >= 0.3 is 18.1 Å². The van der Waals surface area contributed by atoms with Crippen LogP contribution in [-0.2, 0) is 58.3 Å². The molecular formula is C96H138N6O6. The van der Waals surface area contributed by atoms with Crippen LogP contribution in [0.3, 0.4) is 0 Å². The topological polar surface area (TPSA) is 151 Å². The summed E-state index contributed by atoms with van der Waals surface area (Å²) >= 11 is 0. The molecule has 0 bridgehead atoms. The Morgan fingerprint density at radius 3 is 0.611 bits per heavy atom. The van der Waals surface area contributed by atoms with Crippen molar-refractivity contribution in [2.45, 2.75) is 331 Å². The fourth-order valence-corrected chi connectivity index (χ4v) is 14.5. The van der Waals surface area contributed by atoms with Gasteiger partial charge in [-0.15, -0.1) is 0 Å². The Morgan fingerprint density at radius 2 is 0.398 bits per heavy atom. The average Bonchev–Trinajstić information content (AvgIpc) is 0.713. The van der Waals surface area contributed by atoms with Gasteiger partial charge in [0.25, 0.3) is 0 Å². The number of carbonyl (C=O) groups is 3. The largest absolute Gasteiger partial charge is 0.489 e. The zero-order chi connectivity index (χ0) is 76.3. The SMILES string of the molecule is CCCCCCCCc1cc(CCCCCCCC)cc(NC(=O)Nc2cccc(OCc3cc(COc4cccc(NC(=O)Nc5cc(CCCCCCCC)cc(CCCCCCCC)c5)c4)cc(COc4cccc(NC(=O)Nc5cc(CCCCCCCC)cc(CCCCCCCC)c5)c4)c3)c2)c1. The van der Waals surface area contributed by atoms with Crippen LogP contribution in [0, 0.1) is 0 Å². The van der Waals surface area contributed by atoms with Crippen molar-refractivity contribution in [1.82, 2.24) is 0 Å². The Morgan fingerprint density at radius 1 is 0.213 bits per heavy atom. The number of benzene rings is 7. The number of hydrogen-bond acceptors (Lipinski definition) is 6. The molecule has 588 valence electrons. The van der Waals surface area contributed by atoms with Gasteiger partial charge in [0.15, 0.2) is 0 Å². The molecule has 0 heterocycles. The average molecular weight is 1470 g/mol. The number of ether oxygens (including phenoxy) is 3. The molecule has 0 aliphatic heterocycles. The highest BCUT2D eigenvalue weighted by atomic mass is 16.5. The number of urea groups is 3. The molecule has 0 unspecified atom stereocenters. The molecule has 6 N–H and O–H groups in total. The Kier molecular flexibility index (Phi) is 43.1. The van der Waals surface area contributed by atoms with Crippen LogP contribution in [0.5, 0.6) is 17.2 Å². The minimum Gasteiger partial charge on any atom is -0.489 e. The van der Waals surface area contributed by atoms with Crippen molar-refractivity contribution < 1.29 is 28.6 Å². The van der Waals surface area contributed by atoms with E-state index in [0.29, 0.717) is 34.3 Å². The molecule has 108 heavy (non-hydrogen) atoms. The van der Waals surface area contributed by atoms with Crippen molar-refractivity contribution in [3.63, 3.8) is 0 Å². The molecule has 0 aliphatic rings. The number of nitrogens with one attached hydrogen (secondary N) is 6. The Hall–Kier alpha value is -8.25. The van der Waals surface area contributed by atoms with E-state index in [4.69, 9.17) is 14.2 Å². The van der Waals surface area contributed by atoms with E-state index in [1.165, 1.54) is 226 Å². The van der Waals surface area contributed by atoms with Crippen molar-refractivity contribution in [2.75, 3.05) is 31.9 Å². The predicted molar refractivity (Wildman–Crippen MR) is 458 cm³/mol. The highest BCUT2D eigenvalue weighted by molar-refractivity contribution is 6.01. The van der Waals surface area contributed by atoms with Gasteiger partial charge in [-0.25, -0.2) is 14.4 Å². The number of carbonyl (C=O) groups excluding carboxylic acids is 3. The highest BCUT2D eigenvalue weighted by Crippen LogP contribution is 2.29. The van der Waals surface area contributed by atoms with Gasteiger partial charge in [0, 0.05) is 52.3 Å². The number of amides is 6. The second-order valence-electron chi connectivity index (χ2n) is 30.6. The standard InChI is InChI=1S/C96H138N6O6/c1-7-13-19-25-31-37-46-76-58-77(47-38-32-26-20-14-8-2)65-88(64-76)100-94(103)97-85-52-43-55-91(70-85)106-73-82-61-83(74-107-92-56-44-53-86(71-92)98-95(104)101-89-66-78(48-39-33-27-21-15-9-3)59-79(67-89)49-40-34-28-22-16-10-4)63-84(62-82)75-108-93-57-45-54-87(72-93)99-96(105)102-90-68-80(50-41-35-29-23-17-11-5)60-81(69-90)51-42-36-30-24-18-12-6/h43-45,52-72H,7-42,46-51,73-75H2,1-6H3,(H2,97,100,103)(H2,98,101,104)(H2,99,102,105). The number of rotatable bonds is 57. The first-order chi connectivity index (χ1) is 53.0.